The SMILES string of the molecule is COC(=O)/C(F)=C/C(C)(C)c1ccc(OC(F)(F)F)cc1. The highest BCUT2D eigenvalue weighted by molar-refractivity contribution is 5.86. The van der Waals surface area contributed by atoms with Gasteiger partial charge in [-0.2, -0.15) is 4.39 Å². The van der Waals surface area contributed by atoms with Crippen molar-refractivity contribution in [1.82, 2.24) is 0 Å². The van der Waals surface area contributed by atoms with Gasteiger partial charge in [-0.1, -0.05) is 26.0 Å². The maximum atomic E-state index is 13.5. The van der Waals surface area contributed by atoms with Gasteiger partial charge < -0.3 is 9.47 Å². The summed E-state index contributed by atoms with van der Waals surface area (Å²) < 4.78 is 57.6. The predicted molar refractivity (Wildman–Crippen MR) is 67.4 cm³/mol. The lowest BCUT2D eigenvalue weighted by atomic mass is 9.84. The van der Waals surface area contributed by atoms with E-state index in [9.17, 15) is 22.4 Å². The fraction of sp³-hybridized carbons (Fsp3) is 0.357. The summed E-state index contributed by atoms with van der Waals surface area (Å²) in [6.07, 6.45) is -3.73. The molecule has 3 nitrogen and oxygen atoms in total. The highest BCUT2D eigenvalue weighted by Gasteiger charge is 2.31. The van der Waals surface area contributed by atoms with Gasteiger partial charge >= 0.3 is 12.3 Å². The molecule has 0 amide bonds. The fourth-order valence-corrected chi connectivity index (χ4v) is 1.64. The number of halogens is 4. The molecule has 1 aromatic rings. The number of rotatable bonds is 4. The van der Waals surface area contributed by atoms with Gasteiger partial charge in [0.15, 0.2) is 0 Å². The van der Waals surface area contributed by atoms with Crippen molar-refractivity contribution in [2.75, 3.05) is 7.11 Å². The zero-order valence-corrected chi connectivity index (χ0v) is 11.6. The largest absolute Gasteiger partial charge is 0.573 e. The van der Waals surface area contributed by atoms with Gasteiger partial charge in [-0.25, -0.2) is 4.79 Å². The van der Waals surface area contributed by atoms with Crippen LogP contribution in [0.2, 0.25) is 0 Å². The summed E-state index contributed by atoms with van der Waals surface area (Å²) in [5, 5.41) is 0. The molecule has 0 unspecified atom stereocenters. The van der Waals surface area contributed by atoms with E-state index in [0.29, 0.717) is 5.56 Å². The van der Waals surface area contributed by atoms with Gasteiger partial charge in [-0.15, -0.1) is 13.2 Å². The molecule has 0 bridgehead atoms. The molecule has 7 heteroatoms. The first-order valence-electron chi connectivity index (χ1n) is 5.88. The van der Waals surface area contributed by atoms with Crippen LogP contribution in [0.5, 0.6) is 5.75 Å². The molecular weight excluding hydrogens is 292 g/mol. The second kappa shape index (κ2) is 6.15. The molecule has 0 radical (unpaired) electrons. The molecule has 0 aliphatic heterocycles. The number of hydrogen-bond donors (Lipinski definition) is 0. The van der Waals surface area contributed by atoms with Gasteiger partial charge in [-0.05, 0) is 23.8 Å². The van der Waals surface area contributed by atoms with E-state index in [4.69, 9.17) is 0 Å². The summed E-state index contributed by atoms with van der Waals surface area (Å²) in [5.41, 5.74) is -0.397. The van der Waals surface area contributed by atoms with E-state index in [1.54, 1.807) is 13.8 Å². The normalized spacial score (nSPS) is 13.0. The second-order valence-electron chi connectivity index (χ2n) is 4.78. The molecule has 1 rings (SSSR count). The molecular formula is C14H14F4O3. The standard InChI is InChI=1S/C14H14F4O3/c1-13(2,8-11(15)12(19)20-3)9-4-6-10(7-5-9)21-14(16,17)18/h4-8H,1-3H3/b11-8-. The third-order valence-corrected chi connectivity index (χ3v) is 2.70. The Hall–Kier alpha value is -2.05. The fourth-order valence-electron chi connectivity index (χ4n) is 1.64. The molecule has 21 heavy (non-hydrogen) atoms. The van der Waals surface area contributed by atoms with Gasteiger partial charge in [0.1, 0.15) is 5.75 Å². The summed E-state index contributed by atoms with van der Waals surface area (Å²) in [6.45, 7) is 3.21. The third kappa shape index (κ3) is 5.09. The van der Waals surface area contributed by atoms with Gasteiger partial charge in [0.05, 0.1) is 7.11 Å². The van der Waals surface area contributed by atoms with Gasteiger partial charge in [0.2, 0.25) is 5.83 Å². The van der Waals surface area contributed by atoms with Crippen LogP contribution in [0, 0.1) is 0 Å². The van der Waals surface area contributed by atoms with Crippen LogP contribution in [0.25, 0.3) is 0 Å². The Kier molecular flexibility index (Phi) is 4.98. The number of methoxy groups -OCH3 is 1. The van der Waals surface area contributed by atoms with Crippen molar-refractivity contribution in [3.63, 3.8) is 0 Å². The van der Waals surface area contributed by atoms with Crippen molar-refractivity contribution in [2.24, 2.45) is 0 Å². The quantitative estimate of drug-likeness (QED) is 0.481. The van der Waals surface area contributed by atoms with Crippen LogP contribution in [0.1, 0.15) is 19.4 Å². The van der Waals surface area contributed by atoms with E-state index >= 15 is 0 Å². The van der Waals surface area contributed by atoms with Gasteiger partial charge in [0.25, 0.3) is 0 Å². The third-order valence-electron chi connectivity index (χ3n) is 2.70. The van der Waals surface area contributed by atoms with E-state index in [1.807, 2.05) is 0 Å². The van der Waals surface area contributed by atoms with E-state index in [1.165, 1.54) is 12.1 Å². The van der Waals surface area contributed by atoms with Crippen LogP contribution in [0.3, 0.4) is 0 Å². The highest BCUT2D eigenvalue weighted by atomic mass is 19.4. The monoisotopic (exact) mass is 306 g/mol. The van der Waals surface area contributed by atoms with Crippen LogP contribution < -0.4 is 4.74 Å². The first-order chi connectivity index (χ1) is 9.55. The number of benzene rings is 1. The lowest BCUT2D eigenvalue weighted by molar-refractivity contribution is -0.274. The van der Waals surface area contributed by atoms with Crippen LogP contribution in [0.4, 0.5) is 17.6 Å². The van der Waals surface area contributed by atoms with E-state index in [-0.39, 0.29) is 5.75 Å². The average Bonchev–Trinajstić information content (AvgIpc) is 2.35. The molecule has 0 spiro atoms. The Morgan fingerprint density at radius 1 is 1.14 bits per heavy atom. The molecule has 0 fully saturated rings. The zero-order chi connectivity index (χ0) is 16.3. The number of allylic oxidation sites excluding steroid dienone is 1. The average molecular weight is 306 g/mol. The van der Waals surface area contributed by atoms with Crippen LogP contribution >= 0.6 is 0 Å². The summed E-state index contributed by atoms with van der Waals surface area (Å²) in [6, 6.07) is 4.97. The van der Waals surface area contributed by atoms with Gasteiger partial charge in [0, 0.05) is 5.41 Å². The van der Waals surface area contributed by atoms with Crippen molar-refractivity contribution in [3.8, 4) is 5.75 Å². The number of carbonyl (C=O) groups excluding carboxylic acids is 1. The van der Waals surface area contributed by atoms with Crippen molar-refractivity contribution >= 4 is 5.97 Å². The maximum absolute atomic E-state index is 13.5. The zero-order valence-electron chi connectivity index (χ0n) is 11.6. The second-order valence-corrected chi connectivity index (χ2v) is 4.78. The minimum absolute atomic E-state index is 0.375. The van der Waals surface area contributed by atoms with Crippen LogP contribution in [0.15, 0.2) is 36.2 Å². The molecule has 0 saturated heterocycles. The lowest BCUT2D eigenvalue weighted by Crippen LogP contribution is -2.18. The summed E-state index contributed by atoms with van der Waals surface area (Å²) >= 11 is 0. The minimum atomic E-state index is -4.77. The summed E-state index contributed by atoms with van der Waals surface area (Å²) in [7, 11) is 1.05. The van der Waals surface area contributed by atoms with E-state index in [0.717, 1.165) is 25.3 Å². The Morgan fingerprint density at radius 3 is 2.10 bits per heavy atom. The van der Waals surface area contributed by atoms with E-state index < -0.39 is 23.6 Å². The molecule has 0 aromatic heterocycles. The topological polar surface area (TPSA) is 35.5 Å². The molecule has 0 N–H and O–H groups in total. The number of ether oxygens (including phenoxy) is 2. The van der Waals surface area contributed by atoms with Crippen LogP contribution in [-0.4, -0.2) is 19.4 Å². The molecule has 116 valence electrons. The van der Waals surface area contributed by atoms with Crippen LogP contribution in [-0.2, 0) is 14.9 Å². The highest BCUT2D eigenvalue weighted by Crippen LogP contribution is 2.30. The van der Waals surface area contributed by atoms with E-state index in [2.05, 4.69) is 9.47 Å². The molecule has 1 aromatic carbocycles. The van der Waals surface area contributed by atoms with Crippen molar-refractivity contribution in [1.29, 1.82) is 0 Å². The first-order valence-corrected chi connectivity index (χ1v) is 5.88. The Balaban J connectivity index is 2.97. The van der Waals surface area contributed by atoms with Gasteiger partial charge in [-0.3, -0.25) is 0 Å². The minimum Gasteiger partial charge on any atom is -0.464 e. The Bertz CT molecular complexity index is 530. The Labute approximate surface area is 119 Å². The molecule has 0 heterocycles. The number of alkyl halides is 3. The first kappa shape index (κ1) is 17.0. The smallest absolute Gasteiger partial charge is 0.464 e. The lowest BCUT2D eigenvalue weighted by Gasteiger charge is -2.21. The van der Waals surface area contributed by atoms with Crippen molar-refractivity contribution in [3.05, 3.63) is 41.7 Å². The maximum Gasteiger partial charge on any atom is 0.573 e. The number of carbonyl (C=O) groups is 1. The molecule has 0 saturated carbocycles. The Morgan fingerprint density at radius 2 is 1.67 bits per heavy atom. The number of hydrogen-bond acceptors (Lipinski definition) is 3. The molecule has 0 aliphatic carbocycles. The van der Waals surface area contributed by atoms with Crippen molar-refractivity contribution in [2.45, 2.75) is 25.6 Å². The van der Waals surface area contributed by atoms with Crippen molar-refractivity contribution < 1.29 is 31.8 Å². The summed E-state index contributed by atoms with van der Waals surface area (Å²) in [5.74, 6) is -2.56. The predicted octanol–water partition coefficient (Wildman–Crippen LogP) is 3.89. The molecule has 0 aliphatic rings. The summed E-state index contributed by atoms with van der Waals surface area (Å²) in [4.78, 5) is 11.0. The number of esters is 1. The molecule has 0 atom stereocenters.